The molecule has 1 aliphatic carbocycles. The van der Waals surface area contributed by atoms with E-state index >= 15 is 0 Å². The maximum absolute atomic E-state index is 6.26. The molecule has 2 unspecified atom stereocenters. The lowest BCUT2D eigenvalue weighted by atomic mass is 10.1. The number of para-hydroxylation sites is 1. The van der Waals surface area contributed by atoms with Crippen LogP contribution in [0.3, 0.4) is 0 Å². The van der Waals surface area contributed by atoms with Crippen molar-refractivity contribution in [3.8, 4) is 17.0 Å². The van der Waals surface area contributed by atoms with E-state index in [0.717, 1.165) is 40.1 Å². The third-order valence-corrected chi connectivity index (χ3v) is 6.23. The van der Waals surface area contributed by atoms with Crippen LogP contribution < -0.4 is 4.74 Å². The van der Waals surface area contributed by atoms with Crippen LogP contribution in [0.15, 0.2) is 67.1 Å². The first kappa shape index (κ1) is 18.9. The van der Waals surface area contributed by atoms with Gasteiger partial charge in [-0.3, -0.25) is 4.98 Å². The summed E-state index contributed by atoms with van der Waals surface area (Å²) in [6, 6.07) is 16.6. The van der Waals surface area contributed by atoms with E-state index in [9.17, 15) is 0 Å². The maximum Gasteiger partial charge on any atom is 0.224 e. The number of nitrogens with zero attached hydrogens (tertiary/aromatic N) is 5. The van der Waals surface area contributed by atoms with Crippen molar-refractivity contribution in [1.29, 1.82) is 0 Å². The summed E-state index contributed by atoms with van der Waals surface area (Å²) in [7, 11) is 0. The van der Waals surface area contributed by atoms with Crippen LogP contribution in [0.5, 0.6) is 5.88 Å². The summed E-state index contributed by atoms with van der Waals surface area (Å²) in [5, 5.41) is 1.18. The van der Waals surface area contributed by atoms with Crippen LogP contribution in [0.1, 0.15) is 29.6 Å². The van der Waals surface area contributed by atoms with E-state index in [4.69, 9.17) is 9.72 Å². The van der Waals surface area contributed by atoms with Crippen LogP contribution in [0, 0.1) is 19.8 Å². The van der Waals surface area contributed by atoms with Crippen molar-refractivity contribution in [2.75, 3.05) is 6.61 Å². The highest BCUT2D eigenvalue weighted by Gasteiger charge is 2.40. The van der Waals surface area contributed by atoms with Crippen molar-refractivity contribution >= 4 is 16.6 Å². The first-order chi connectivity index (χ1) is 15.7. The van der Waals surface area contributed by atoms with Gasteiger partial charge in [-0.1, -0.05) is 24.3 Å². The van der Waals surface area contributed by atoms with E-state index in [1.165, 1.54) is 5.39 Å². The molecule has 0 saturated heterocycles. The molecule has 32 heavy (non-hydrogen) atoms. The van der Waals surface area contributed by atoms with Gasteiger partial charge in [0.25, 0.3) is 0 Å². The van der Waals surface area contributed by atoms with Gasteiger partial charge in [0.05, 0.1) is 17.7 Å². The van der Waals surface area contributed by atoms with Gasteiger partial charge in [0.2, 0.25) is 5.88 Å². The summed E-state index contributed by atoms with van der Waals surface area (Å²) >= 11 is 0. The van der Waals surface area contributed by atoms with Gasteiger partial charge in [0, 0.05) is 52.8 Å². The van der Waals surface area contributed by atoms with Crippen LogP contribution in [0.2, 0.25) is 0 Å². The average Bonchev–Trinajstić information content (AvgIpc) is 3.52. The molecule has 6 heteroatoms. The van der Waals surface area contributed by atoms with Crippen molar-refractivity contribution in [1.82, 2.24) is 24.3 Å². The summed E-state index contributed by atoms with van der Waals surface area (Å²) in [4.78, 5) is 18.3. The number of aromatic nitrogens is 5. The Balaban J connectivity index is 1.23. The van der Waals surface area contributed by atoms with Crippen LogP contribution in [0.25, 0.3) is 27.7 Å². The molecule has 1 aromatic carbocycles. The van der Waals surface area contributed by atoms with E-state index in [2.05, 4.69) is 49.8 Å². The van der Waals surface area contributed by atoms with Gasteiger partial charge in [-0.25, -0.2) is 9.97 Å². The Morgan fingerprint density at radius 2 is 1.88 bits per heavy atom. The van der Waals surface area contributed by atoms with Crippen LogP contribution >= 0.6 is 0 Å². The fourth-order valence-corrected chi connectivity index (χ4v) is 4.29. The summed E-state index contributed by atoms with van der Waals surface area (Å²) in [6.07, 6.45) is 6.87. The minimum Gasteiger partial charge on any atom is -0.477 e. The molecule has 1 fully saturated rings. The van der Waals surface area contributed by atoms with Gasteiger partial charge < -0.3 is 9.14 Å². The van der Waals surface area contributed by atoms with Crippen LogP contribution in [0.4, 0.5) is 0 Å². The number of benzene rings is 1. The lowest BCUT2D eigenvalue weighted by Gasteiger charge is -2.12. The topological polar surface area (TPSA) is 65.2 Å². The maximum atomic E-state index is 6.26. The monoisotopic (exact) mass is 421 g/mol. The number of pyridine rings is 2. The van der Waals surface area contributed by atoms with Gasteiger partial charge in [0.15, 0.2) is 0 Å². The van der Waals surface area contributed by atoms with Crippen molar-refractivity contribution in [2.45, 2.75) is 26.2 Å². The summed E-state index contributed by atoms with van der Waals surface area (Å²) in [5.41, 5.74) is 6.11. The lowest BCUT2D eigenvalue weighted by Crippen LogP contribution is -2.06. The Morgan fingerprint density at radius 3 is 2.81 bits per heavy atom. The van der Waals surface area contributed by atoms with Gasteiger partial charge >= 0.3 is 0 Å². The Morgan fingerprint density at radius 1 is 0.969 bits per heavy atom. The summed E-state index contributed by atoms with van der Waals surface area (Å²) < 4.78 is 8.33. The smallest absolute Gasteiger partial charge is 0.224 e. The first-order valence-corrected chi connectivity index (χ1v) is 10.9. The van der Waals surface area contributed by atoms with E-state index in [0.29, 0.717) is 30.1 Å². The molecular formula is C26H23N5O. The molecule has 1 aliphatic rings. The van der Waals surface area contributed by atoms with Crippen molar-refractivity contribution in [2.24, 2.45) is 5.92 Å². The minimum atomic E-state index is 0.441. The molecule has 158 valence electrons. The number of aryl methyl sites for hydroxylation is 2. The Bertz CT molecular complexity index is 1460. The summed E-state index contributed by atoms with van der Waals surface area (Å²) in [5.74, 6) is 2.22. The molecule has 4 heterocycles. The zero-order chi connectivity index (χ0) is 21.7. The average molecular weight is 422 g/mol. The molecule has 0 spiro atoms. The molecule has 0 radical (unpaired) electrons. The lowest BCUT2D eigenvalue weighted by molar-refractivity contribution is 0.285. The van der Waals surface area contributed by atoms with Gasteiger partial charge in [-0.05, 0) is 44.5 Å². The predicted molar refractivity (Wildman–Crippen MR) is 124 cm³/mol. The molecule has 1 saturated carbocycles. The Hall–Kier alpha value is -3.80. The third-order valence-electron chi connectivity index (χ3n) is 6.23. The van der Waals surface area contributed by atoms with E-state index in [1.54, 1.807) is 0 Å². The fraction of sp³-hybridized carbons (Fsp3) is 0.231. The number of rotatable bonds is 5. The van der Waals surface area contributed by atoms with Crippen LogP contribution in [-0.4, -0.2) is 30.9 Å². The van der Waals surface area contributed by atoms with Crippen LogP contribution in [-0.2, 0) is 0 Å². The molecule has 0 aliphatic heterocycles. The molecule has 6 nitrogen and oxygen atoms in total. The second-order valence-corrected chi connectivity index (χ2v) is 8.52. The third kappa shape index (κ3) is 3.38. The Kier molecular flexibility index (Phi) is 4.38. The number of imidazole rings is 1. The van der Waals surface area contributed by atoms with Gasteiger partial charge in [-0.15, -0.1) is 0 Å². The van der Waals surface area contributed by atoms with Crippen molar-refractivity contribution in [3.63, 3.8) is 0 Å². The molecule has 2 atom stereocenters. The number of hydrogen-bond acceptors (Lipinski definition) is 5. The number of hydrogen-bond donors (Lipinski definition) is 0. The molecule has 6 rings (SSSR count). The highest BCUT2D eigenvalue weighted by atomic mass is 16.5. The second kappa shape index (κ2) is 7.41. The van der Waals surface area contributed by atoms with E-state index < -0.39 is 0 Å². The molecular weight excluding hydrogens is 398 g/mol. The van der Waals surface area contributed by atoms with Gasteiger partial charge in [-0.2, -0.15) is 4.98 Å². The van der Waals surface area contributed by atoms with Gasteiger partial charge in [0.1, 0.15) is 11.5 Å². The molecule has 0 amide bonds. The number of ether oxygens (including phenoxy) is 1. The van der Waals surface area contributed by atoms with Crippen molar-refractivity contribution in [3.05, 3.63) is 84.3 Å². The quantitative estimate of drug-likeness (QED) is 0.393. The molecule has 0 bridgehead atoms. The standard InChI is InChI=1S/C26H23N5O/c1-16-12-28-25-10-8-19(14-31(16)25)22-13-27-17(2)29-26(22)32-15-20-11-21(20)24-9-7-18-5-3-4-6-23(18)30-24/h3-10,12-14,20-21H,11,15H2,1-2H3. The molecule has 4 aromatic heterocycles. The normalized spacial score (nSPS) is 17.7. The predicted octanol–water partition coefficient (Wildman–Crippen LogP) is 5.14. The highest BCUT2D eigenvalue weighted by Crippen LogP contribution is 2.47. The zero-order valence-corrected chi connectivity index (χ0v) is 18.1. The minimum absolute atomic E-state index is 0.441. The SMILES string of the molecule is Cc1ncc(-c2ccc3ncc(C)n3c2)c(OCC2CC2c2ccc3ccccc3n2)n1. The van der Waals surface area contributed by atoms with E-state index in [-0.39, 0.29) is 0 Å². The Labute approximate surface area is 186 Å². The zero-order valence-electron chi connectivity index (χ0n) is 18.1. The first-order valence-electron chi connectivity index (χ1n) is 10.9. The summed E-state index contributed by atoms with van der Waals surface area (Å²) in [6.45, 7) is 4.55. The van der Waals surface area contributed by atoms with Crippen molar-refractivity contribution < 1.29 is 4.74 Å². The van der Waals surface area contributed by atoms with E-state index in [1.807, 2.05) is 50.5 Å². The fourth-order valence-electron chi connectivity index (χ4n) is 4.29. The highest BCUT2D eigenvalue weighted by molar-refractivity contribution is 5.78. The molecule has 5 aromatic rings. The molecule has 0 N–H and O–H groups in total. The number of fused-ring (bicyclic) bond motifs is 2. The largest absolute Gasteiger partial charge is 0.477 e. The second-order valence-electron chi connectivity index (χ2n) is 8.52.